The number of pyridine rings is 4. The summed E-state index contributed by atoms with van der Waals surface area (Å²) in [5.41, 5.74) is 13.7. The highest BCUT2D eigenvalue weighted by atomic mass is 15.2. The second kappa shape index (κ2) is 17.0. The number of hydrogen-bond donors (Lipinski definition) is 0. The van der Waals surface area contributed by atoms with Gasteiger partial charge in [0, 0.05) is 84.6 Å². The number of nitriles is 1. The quantitative estimate of drug-likeness (QED) is 0.156. The summed E-state index contributed by atoms with van der Waals surface area (Å²) in [6.07, 6.45) is 15.1. The minimum absolute atomic E-state index is 0.371. The molecule has 0 aliphatic carbocycles. The lowest BCUT2D eigenvalue weighted by molar-refractivity contribution is 1.01. The molecule has 11 nitrogen and oxygen atoms in total. The van der Waals surface area contributed by atoms with E-state index in [9.17, 15) is 5.26 Å². The Morgan fingerprint density at radius 1 is 0.308 bits per heavy atom. The minimum Gasteiger partial charge on any atom is -0.305 e. The largest absolute Gasteiger partial charge is 0.305 e. The third-order valence-electron chi connectivity index (χ3n) is 15.4. The Balaban J connectivity index is 1.27. The van der Waals surface area contributed by atoms with Crippen molar-refractivity contribution in [3.63, 3.8) is 0 Å². The van der Waals surface area contributed by atoms with Crippen LogP contribution in [-0.2, 0) is 0 Å². The SMILES string of the molecule is N#Cc1c(-c2cc(-c3ccccc3)nc(-c3ccccc3)n2)c(-n2c3ccccc3c3ccncc32)c(-n2c3ccccc3c3ccncc32)c(-n2c3ccccc3c3ccncc32)c1-n1c2ccccc2c2ccncc21. The molecule has 0 aliphatic rings. The van der Waals surface area contributed by atoms with Crippen molar-refractivity contribution < 1.29 is 0 Å². The monoisotopic (exact) mass is 997 g/mol. The minimum atomic E-state index is 0.371. The zero-order chi connectivity index (χ0) is 51.4. The van der Waals surface area contributed by atoms with Crippen LogP contribution in [0.3, 0.4) is 0 Å². The predicted octanol–water partition coefficient (Wildman–Crippen LogP) is 15.3. The van der Waals surface area contributed by atoms with E-state index in [-0.39, 0.29) is 0 Å². The topological polar surface area (TPSA) is 121 Å². The van der Waals surface area contributed by atoms with E-state index >= 15 is 0 Å². The number of rotatable bonds is 7. The number of nitrogens with zero attached hydrogens (tertiary/aromatic N) is 11. The maximum absolute atomic E-state index is 12.9. The lowest BCUT2D eigenvalue weighted by Gasteiger charge is -2.29. The fraction of sp³-hybridized carbons (Fsp3) is 0. The standard InChI is InChI=1S/C67H39N11/c68-36-51-62(53-35-52(41-15-3-1-4-16-41)73-67(74-53)42-17-5-2-6-18-42)64(76-55-24-12-8-20-44(55)48-28-32-70-38-59(48)76)66(78-57-26-14-10-22-46(57)50-30-34-72-40-61(50)78)65(77-56-25-13-9-21-45(56)49-29-33-71-39-60(49)77)63(51)75-54-23-11-7-19-43(54)47-27-31-69-37-58(47)75/h1-35,37-40H. The molecule has 11 heteroatoms. The van der Waals surface area contributed by atoms with Gasteiger partial charge in [-0.1, -0.05) is 133 Å². The van der Waals surface area contributed by atoms with Crippen molar-refractivity contribution in [2.45, 2.75) is 0 Å². The zero-order valence-electron chi connectivity index (χ0n) is 41.4. The molecule has 0 atom stereocenters. The number of fused-ring (bicyclic) bond motifs is 12. The summed E-state index contributed by atoms with van der Waals surface area (Å²) in [5, 5.41) is 21.0. The van der Waals surface area contributed by atoms with Gasteiger partial charge in [0.25, 0.3) is 0 Å². The fourth-order valence-corrected chi connectivity index (χ4v) is 12.2. The van der Waals surface area contributed by atoms with Gasteiger partial charge in [0.15, 0.2) is 5.82 Å². The van der Waals surface area contributed by atoms with Crippen LogP contribution in [0.15, 0.2) is 238 Å². The van der Waals surface area contributed by atoms with Crippen LogP contribution < -0.4 is 0 Å². The molecule has 16 rings (SSSR count). The first-order valence-electron chi connectivity index (χ1n) is 25.7. The van der Waals surface area contributed by atoms with E-state index in [1.165, 1.54) is 0 Å². The summed E-state index contributed by atoms with van der Waals surface area (Å²) in [7, 11) is 0. The van der Waals surface area contributed by atoms with Crippen LogP contribution in [0.1, 0.15) is 5.56 Å². The Morgan fingerprint density at radius 3 is 1.06 bits per heavy atom. The van der Waals surface area contributed by atoms with Gasteiger partial charge in [-0.15, -0.1) is 0 Å². The van der Waals surface area contributed by atoms with Gasteiger partial charge in [-0.2, -0.15) is 5.26 Å². The van der Waals surface area contributed by atoms with Crippen LogP contribution >= 0.6 is 0 Å². The highest BCUT2D eigenvalue weighted by molar-refractivity contribution is 6.17. The van der Waals surface area contributed by atoms with E-state index in [2.05, 4.69) is 158 Å². The summed E-state index contributed by atoms with van der Waals surface area (Å²) in [6, 6.07) is 67.5. The first-order chi connectivity index (χ1) is 38.7. The molecule has 0 aliphatic heterocycles. The lowest BCUT2D eigenvalue weighted by Crippen LogP contribution is -2.17. The van der Waals surface area contributed by atoms with E-state index in [0.717, 1.165) is 110 Å². The van der Waals surface area contributed by atoms with Gasteiger partial charge in [-0.25, -0.2) is 9.97 Å². The molecule has 362 valence electrons. The first-order valence-corrected chi connectivity index (χ1v) is 25.7. The molecule has 7 aromatic carbocycles. The molecule has 16 aromatic rings. The Bertz CT molecular complexity index is 4900. The highest BCUT2D eigenvalue weighted by Crippen LogP contribution is 2.51. The van der Waals surface area contributed by atoms with Crippen molar-refractivity contribution in [3.8, 4) is 62.7 Å². The second-order valence-corrected chi connectivity index (χ2v) is 19.4. The highest BCUT2D eigenvalue weighted by Gasteiger charge is 2.36. The molecule has 0 fully saturated rings. The van der Waals surface area contributed by atoms with Crippen LogP contribution in [-0.4, -0.2) is 48.2 Å². The molecule has 0 saturated heterocycles. The predicted molar refractivity (Wildman–Crippen MR) is 312 cm³/mol. The van der Waals surface area contributed by atoms with Gasteiger partial charge in [0.2, 0.25) is 0 Å². The molecular formula is C67H39N11. The molecule has 0 unspecified atom stereocenters. The Labute approximate surface area is 444 Å². The fourth-order valence-electron chi connectivity index (χ4n) is 12.2. The molecule has 78 heavy (non-hydrogen) atoms. The Hall–Kier alpha value is -11.1. The number of benzene rings is 7. The van der Waals surface area contributed by atoms with Crippen molar-refractivity contribution in [2.75, 3.05) is 0 Å². The normalized spacial score (nSPS) is 11.8. The lowest BCUT2D eigenvalue weighted by atomic mass is 9.94. The van der Waals surface area contributed by atoms with Gasteiger partial charge >= 0.3 is 0 Å². The number of hydrogen-bond acceptors (Lipinski definition) is 7. The number of para-hydroxylation sites is 4. The zero-order valence-corrected chi connectivity index (χ0v) is 41.4. The van der Waals surface area contributed by atoms with E-state index in [1.54, 1.807) is 0 Å². The molecular weight excluding hydrogens is 959 g/mol. The molecule has 0 saturated carbocycles. The summed E-state index contributed by atoms with van der Waals surface area (Å²) in [4.78, 5) is 30.5. The van der Waals surface area contributed by atoms with Gasteiger partial charge in [-0.3, -0.25) is 19.9 Å². The summed E-state index contributed by atoms with van der Waals surface area (Å²) < 4.78 is 9.23. The van der Waals surface area contributed by atoms with Crippen LogP contribution in [0.4, 0.5) is 0 Å². The van der Waals surface area contributed by atoms with Gasteiger partial charge in [0.05, 0.1) is 109 Å². The summed E-state index contributed by atoms with van der Waals surface area (Å²) in [5.74, 6) is 0.508. The van der Waals surface area contributed by atoms with E-state index < -0.39 is 0 Å². The molecule has 9 heterocycles. The number of aromatic nitrogens is 10. The van der Waals surface area contributed by atoms with Crippen LogP contribution in [0.5, 0.6) is 0 Å². The van der Waals surface area contributed by atoms with Crippen molar-refractivity contribution in [1.29, 1.82) is 5.26 Å². The van der Waals surface area contributed by atoms with E-state index in [4.69, 9.17) is 29.9 Å². The molecule has 0 amide bonds. The Kier molecular flexibility index (Phi) is 9.43. The third kappa shape index (κ3) is 6.19. The van der Waals surface area contributed by atoms with Crippen LogP contribution in [0, 0.1) is 11.3 Å². The average molecular weight is 998 g/mol. The first kappa shape index (κ1) is 43.3. The average Bonchev–Trinajstić information content (AvgIpc) is 4.42. The maximum Gasteiger partial charge on any atom is 0.160 e. The van der Waals surface area contributed by atoms with Crippen LogP contribution in [0.2, 0.25) is 0 Å². The van der Waals surface area contributed by atoms with Gasteiger partial charge in [0.1, 0.15) is 6.07 Å². The van der Waals surface area contributed by atoms with Crippen molar-refractivity contribution in [3.05, 3.63) is 243 Å². The third-order valence-corrected chi connectivity index (χ3v) is 15.4. The second-order valence-electron chi connectivity index (χ2n) is 19.4. The Morgan fingerprint density at radius 2 is 0.641 bits per heavy atom. The van der Waals surface area contributed by atoms with Crippen molar-refractivity contribution >= 4 is 87.2 Å². The van der Waals surface area contributed by atoms with Gasteiger partial charge < -0.3 is 18.3 Å². The summed E-state index contributed by atoms with van der Waals surface area (Å²) >= 11 is 0. The molecule has 0 radical (unpaired) electrons. The molecule has 9 aromatic heterocycles. The van der Waals surface area contributed by atoms with E-state index in [1.807, 2.05) is 104 Å². The van der Waals surface area contributed by atoms with Crippen molar-refractivity contribution in [1.82, 2.24) is 48.2 Å². The smallest absolute Gasteiger partial charge is 0.160 e. The van der Waals surface area contributed by atoms with E-state index in [0.29, 0.717) is 39.7 Å². The molecule has 0 N–H and O–H groups in total. The maximum atomic E-state index is 12.9. The van der Waals surface area contributed by atoms with Crippen LogP contribution in [0.25, 0.3) is 144 Å². The van der Waals surface area contributed by atoms with Crippen molar-refractivity contribution in [2.24, 2.45) is 0 Å². The summed E-state index contributed by atoms with van der Waals surface area (Å²) in [6.45, 7) is 0. The molecule has 0 spiro atoms. The molecule has 0 bridgehead atoms. The van der Waals surface area contributed by atoms with Gasteiger partial charge in [-0.05, 0) is 54.6 Å².